The lowest BCUT2D eigenvalue weighted by Gasteiger charge is -2.38. The van der Waals surface area contributed by atoms with Crippen molar-refractivity contribution in [2.75, 3.05) is 50.7 Å². The highest BCUT2D eigenvalue weighted by molar-refractivity contribution is 6.31. The van der Waals surface area contributed by atoms with Crippen molar-refractivity contribution >= 4 is 29.2 Å². The topological polar surface area (TPSA) is 80.0 Å². The summed E-state index contributed by atoms with van der Waals surface area (Å²) < 4.78 is 0. The van der Waals surface area contributed by atoms with E-state index in [0.29, 0.717) is 46.9 Å². The van der Waals surface area contributed by atoms with Gasteiger partial charge in [0.15, 0.2) is 0 Å². The maximum atomic E-state index is 13.5. The number of hydrogen-bond acceptors (Lipinski definition) is 5. The molecule has 8 nitrogen and oxygen atoms in total. The minimum atomic E-state index is -0.285. The number of anilines is 1. The Balaban J connectivity index is 1.49. The zero-order chi connectivity index (χ0) is 24.1. The third kappa shape index (κ3) is 5.40. The molecule has 0 aliphatic carbocycles. The molecule has 3 N–H and O–H groups in total. The molecule has 184 valence electrons. The van der Waals surface area contributed by atoms with E-state index in [4.69, 9.17) is 11.6 Å². The molecule has 0 bridgehead atoms. The maximum absolute atomic E-state index is 13.5. The summed E-state index contributed by atoms with van der Waals surface area (Å²) in [5.41, 5.74) is 1.43. The van der Waals surface area contributed by atoms with Gasteiger partial charge in [-0.15, -0.1) is 0 Å². The number of carbonyl (C=O) groups excluding carboxylic acids is 2. The van der Waals surface area contributed by atoms with Crippen LogP contribution in [-0.2, 0) is 0 Å². The van der Waals surface area contributed by atoms with Crippen LogP contribution in [0.5, 0.6) is 0 Å². The van der Waals surface area contributed by atoms with Crippen molar-refractivity contribution in [3.8, 4) is 0 Å². The first-order valence-corrected chi connectivity index (χ1v) is 12.7. The molecule has 0 spiro atoms. The second kappa shape index (κ2) is 11.3. The number of urea groups is 1. The second-order valence-corrected chi connectivity index (χ2v) is 9.34. The van der Waals surface area contributed by atoms with Gasteiger partial charge in [-0.3, -0.25) is 9.69 Å². The van der Waals surface area contributed by atoms with Crippen LogP contribution in [-0.4, -0.2) is 73.6 Å². The molecule has 3 amide bonds. The number of dihydropyridines is 1. The summed E-state index contributed by atoms with van der Waals surface area (Å²) in [5.74, 6) is 0.280. The van der Waals surface area contributed by atoms with Crippen LogP contribution >= 0.6 is 11.6 Å². The average molecular weight is 487 g/mol. The Kier molecular flexibility index (Phi) is 8.13. The smallest absolute Gasteiger partial charge is 0.327 e. The van der Waals surface area contributed by atoms with E-state index in [1.807, 2.05) is 12.2 Å². The molecular weight excluding hydrogens is 452 g/mol. The molecular formula is C25H35ClN6O2. The molecule has 1 aromatic carbocycles. The Hall–Kier alpha value is -2.55. The summed E-state index contributed by atoms with van der Waals surface area (Å²) in [6.45, 7) is 10.5. The number of allylic oxidation sites excluding steroid dienone is 1. The number of likely N-dealkylation sites (tertiary alicyclic amines) is 1. The molecule has 1 fully saturated rings. The number of nitrogens with one attached hydrogen (secondary N) is 3. The number of amides is 3. The van der Waals surface area contributed by atoms with Gasteiger partial charge in [-0.2, -0.15) is 0 Å². The monoisotopic (exact) mass is 486 g/mol. The van der Waals surface area contributed by atoms with Gasteiger partial charge in [0, 0.05) is 37.2 Å². The minimum Gasteiger partial charge on any atom is -0.366 e. The highest BCUT2D eigenvalue weighted by Gasteiger charge is 2.32. The number of hydrogen-bond donors (Lipinski definition) is 3. The summed E-state index contributed by atoms with van der Waals surface area (Å²) >= 11 is 6.26. The molecule has 1 saturated heterocycles. The van der Waals surface area contributed by atoms with Gasteiger partial charge in [0.05, 0.1) is 16.9 Å². The van der Waals surface area contributed by atoms with E-state index in [2.05, 4.69) is 39.6 Å². The van der Waals surface area contributed by atoms with Gasteiger partial charge < -0.3 is 20.9 Å². The fraction of sp³-hybridized carbons (Fsp3) is 0.520. The molecule has 0 saturated carbocycles. The van der Waals surface area contributed by atoms with Gasteiger partial charge in [0.25, 0.3) is 5.91 Å². The number of nitrogens with zero attached hydrogens (tertiary/aromatic N) is 3. The number of carbonyl (C=O) groups is 2. The van der Waals surface area contributed by atoms with Crippen molar-refractivity contribution in [3.05, 3.63) is 52.5 Å². The standard InChI is InChI=1S/C25H35ClN6O2/c1-3-30(4-2)17-19-8-5-6-14-31(19)15-13-28-25(34)32-22-16-18(26)10-11-20(22)24(33)29-21-9-7-12-27-23(21)32/h7,9-11,16,19,27H,3-6,8,12-15,17H2,1-2H3,(H,28,34)(H,29,33). The molecule has 4 rings (SSSR count). The van der Waals surface area contributed by atoms with E-state index >= 15 is 0 Å². The molecule has 3 heterocycles. The van der Waals surface area contributed by atoms with Crippen molar-refractivity contribution in [2.24, 2.45) is 0 Å². The summed E-state index contributed by atoms with van der Waals surface area (Å²) in [4.78, 5) is 32.8. The molecule has 3 aliphatic rings. The van der Waals surface area contributed by atoms with Crippen LogP contribution in [0.3, 0.4) is 0 Å². The normalized spacial score (nSPS) is 20.4. The molecule has 34 heavy (non-hydrogen) atoms. The van der Waals surface area contributed by atoms with Crippen LogP contribution < -0.4 is 20.9 Å². The lowest BCUT2D eigenvalue weighted by atomic mass is 10.0. The van der Waals surface area contributed by atoms with E-state index in [0.717, 1.165) is 32.7 Å². The average Bonchev–Trinajstić information content (AvgIpc) is 2.96. The summed E-state index contributed by atoms with van der Waals surface area (Å²) in [6, 6.07) is 5.21. The fourth-order valence-electron chi connectivity index (χ4n) is 4.94. The Morgan fingerprint density at radius 2 is 2.09 bits per heavy atom. The number of rotatable bonds is 7. The zero-order valence-corrected chi connectivity index (χ0v) is 20.8. The Morgan fingerprint density at radius 3 is 2.88 bits per heavy atom. The van der Waals surface area contributed by atoms with Crippen LogP contribution in [0.2, 0.25) is 5.02 Å². The molecule has 1 atom stereocenters. The molecule has 0 aromatic heterocycles. The van der Waals surface area contributed by atoms with Crippen molar-refractivity contribution in [3.63, 3.8) is 0 Å². The first kappa shape index (κ1) is 24.6. The zero-order valence-electron chi connectivity index (χ0n) is 20.1. The third-order valence-corrected chi connectivity index (χ3v) is 7.07. The van der Waals surface area contributed by atoms with E-state index < -0.39 is 0 Å². The Morgan fingerprint density at radius 1 is 1.26 bits per heavy atom. The summed E-state index contributed by atoms with van der Waals surface area (Å²) in [6.07, 6.45) is 7.38. The lowest BCUT2D eigenvalue weighted by molar-refractivity contribution is 0.0968. The van der Waals surface area contributed by atoms with Gasteiger partial charge in [0.1, 0.15) is 5.82 Å². The number of halogens is 1. The van der Waals surface area contributed by atoms with Gasteiger partial charge in [0.2, 0.25) is 0 Å². The largest absolute Gasteiger partial charge is 0.366 e. The van der Waals surface area contributed by atoms with Crippen molar-refractivity contribution in [1.29, 1.82) is 0 Å². The van der Waals surface area contributed by atoms with Crippen LogP contribution in [0.25, 0.3) is 0 Å². The number of piperidine rings is 1. The van der Waals surface area contributed by atoms with E-state index in [1.54, 1.807) is 18.2 Å². The van der Waals surface area contributed by atoms with Gasteiger partial charge >= 0.3 is 6.03 Å². The highest BCUT2D eigenvalue weighted by Crippen LogP contribution is 2.31. The van der Waals surface area contributed by atoms with Crippen LogP contribution in [0.1, 0.15) is 43.5 Å². The van der Waals surface area contributed by atoms with E-state index in [1.165, 1.54) is 24.2 Å². The van der Waals surface area contributed by atoms with E-state index in [9.17, 15) is 9.59 Å². The Labute approximate surface area is 207 Å². The minimum absolute atomic E-state index is 0.268. The second-order valence-electron chi connectivity index (χ2n) is 8.90. The van der Waals surface area contributed by atoms with Crippen molar-refractivity contribution < 1.29 is 9.59 Å². The molecule has 1 unspecified atom stereocenters. The Bertz CT molecular complexity index is 974. The molecule has 1 aromatic rings. The lowest BCUT2D eigenvalue weighted by Crippen LogP contribution is -2.51. The van der Waals surface area contributed by atoms with Gasteiger partial charge in [-0.05, 0) is 56.8 Å². The van der Waals surface area contributed by atoms with Gasteiger partial charge in [-0.1, -0.05) is 37.9 Å². The van der Waals surface area contributed by atoms with Crippen LogP contribution in [0.15, 0.2) is 41.9 Å². The van der Waals surface area contributed by atoms with Crippen molar-refractivity contribution in [1.82, 2.24) is 25.8 Å². The highest BCUT2D eigenvalue weighted by atomic mass is 35.5. The molecule has 0 radical (unpaired) electrons. The quantitative estimate of drug-likeness (QED) is 0.552. The predicted molar refractivity (Wildman–Crippen MR) is 136 cm³/mol. The predicted octanol–water partition coefficient (Wildman–Crippen LogP) is 3.12. The number of likely N-dealkylation sites (N-methyl/N-ethyl adjacent to an activating group) is 1. The van der Waals surface area contributed by atoms with Gasteiger partial charge in [-0.25, -0.2) is 9.69 Å². The van der Waals surface area contributed by atoms with Crippen LogP contribution in [0.4, 0.5) is 10.5 Å². The number of fused-ring (bicyclic) bond motifs is 1. The SMILES string of the molecule is CCN(CC)CC1CCCCN1CCNC(=O)N1C2=C(C=CCN2)NC(=O)c2ccc(Cl)cc21. The molecule has 3 aliphatic heterocycles. The van der Waals surface area contributed by atoms with E-state index in [-0.39, 0.29) is 11.9 Å². The number of benzene rings is 1. The summed E-state index contributed by atoms with van der Waals surface area (Å²) in [5, 5.41) is 9.69. The third-order valence-electron chi connectivity index (χ3n) is 6.83. The van der Waals surface area contributed by atoms with Crippen molar-refractivity contribution in [2.45, 2.75) is 39.2 Å². The first-order valence-electron chi connectivity index (χ1n) is 12.3. The first-order chi connectivity index (χ1) is 16.5. The van der Waals surface area contributed by atoms with Crippen LogP contribution in [0, 0.1) is 0 Å². The molecule has 9 heteroatoms. The maximum Gasteiger partial charge on any atom is 0.327 e. The fourth-order valence-corrected chi connectivity index (χ4v) is 5.10. The summed E-state index contributed by atoms with van der Waals surface area (Å²) in [7, 11) is 0.